The third-order valence-corrected chi connectivity index (χ3v) is 4.82. The van der Waals surface area contributed by atoms with E-state index in [1.165, 1.54) is 17.8 Å². The normalized spacial score (nSPS) is 12.1. The van der Waals surface area contributed by atoms with Crippen LogP contribution in [0.5, 0.6) is 0 Å². The van der Waals surface area contributed by atoms with Crippen LogP contribution in [0.15, 0.2) is 52.5 Å². The van der Waals surface area contributed by atoms with Gasteiger partial charge < -0.3 is 10.3 Å². The highest BCUT2D eigenvalue weighted by Gasteiger charge is 2.17. The van der Waals surface area contributed by atoms with Crippen LogP contribution in [0, 0.1) is 0 Å². The fourth-order valence-corrected chi connectivity index (χ4v) is 3.42. The minimum Gasteiger partial charge on any atom is -0.324 e. The molecule has 0 aliphatic rings. The standard InChI is InChI=1S/C19H20N4O2S/c1-3-6-13-11-17(24)23-19(21-13)26-12(2)18(25)22-16-9-4-8-15-14(16)7-5-10-20-15/h4-5,7-12H,3,6H2,1-2H3,(H,22,25)(H,21,23,24)/t12-/m0/s1. The van der Waals surface area contributed by atoms with Gasteiger partial charge in [0, 0.05) is 23.3 Å². The van der Waals surface area contributed by atoms with E-state index in [2.05, 4.69) is 20.3 Å². The average molecular weight is 368 g/mol. The number of hydrogen-bond acceptors (Lipinski definition) is 5. The van der Waals surface area contributed by atoms with Crippen LogP contribution in [-0.2, 0) is 11.2 Å². The van der Waals surface area contributed by atoms with Gasteiger partial charge in [0.1, 0.15) is 0 Å². The van der Waals surface area contributed by atoms with E-state index in [0.717, 1.165) is 29.4 Å². The quantitative estimate of drug-likeness (QED) is 0.514. The number of fused-ring (bicyclic) bond motifs is 1. The van der Waals surface area contributed by atoms with E-state index in [-0.39, 0.29) is 11.5 Å². The molecule has 3 aromatic rings. The molecule has 0 saturated heterocycles. The molecule has 0 bridgehead atoms. The number of carbonyl (C=O) groups is 1. The summed E-state index contributed by atoms with van der Waals surface area (Å²) in [4.78, 5) is 35.7. The van der Waals surface area contributed by atoms with Crippen LogP contribution in [0.2, 0.25) is 0 Å². The van der Waals surface area contributed by atoms with E-state index in [4.69, 9.17) is 0 Å². The van der Waals surface area contributed by atoms with E-state index in [0.29, 0.717) is 10.8 Å². The van der Waals surface area contributed by atoms with Crippen LogP contribution in [-0.4, -0.2) is 26.1 Å². The van der Waals surface area contributed by atoms with Crippen molar-refractivity contribution in [1.29, 1.82) is 0 Å². The molecule has 2 aromatic heterocycles. The first-order chi connectivity index (χ1) is 12.6. The maximum atomic E-state index is 12.6. The molecule has 134 valence electrons. The van der Waals surface area contributed by atoms with Gasteiger partial charge in [-0.05, 0) is 37.6 Å². The minimum absolute atomic E-state index is 0.158. The minimum atomic E-state index is -0.415. The lowest BCUT2D eigenvalue weighted by molar-refractivity contribution is -0.115. The van der Waals surface area contributed by atoms with Crippen molar-refractivity contribution in [3.8, 4) is 0 Å². The van der Waals surface area contributed by atoms with Gasteiger partial charge in [-0.1, -0.05) is 31.2 Å². The number of nitrogens with one attached hydrogen (secondary N) is 2. The Balaban J connectivity index is 1.75. The largest absolute Gasteiger partial charge is 0.324 e. The molecule has 0 spiro atoms. The lowest BCUT2D eigenvalue weighted by Crippen LogP contribution is -2.23. The summed E-state index contributed by atoms with van der Waals surface area (Å²) in [6.07, 6.45) is 3.37. The smallest absolute Gasteiger partial charge is 0.251 e. The summed E-state index contributed by atoms with van der Waals surface area (Å²) in [6.45, 7) is 3.82. The Morgan fingerprint density at radius 3 is 2.96 bits per heavy atom. The summed E-state index contributed by atoms with van der Waals surface area (Å²) < 4.78 is 0. The number of nitrogens with zero attached hydrogens (tertiary/aromatic N) is 2. The van der Waals surface area contributed by atoms with E-state index < -0.39 is 5.25 Å². The van der Waals surface area contributed by atoms with Gasteiger partial charge in [-0.2, -0.15) is 0 Å². The van der Waals surface area contributed by atoms with Crippen LogP contribution in [0.3, 0.4) is 0 Å². The zero-order valence-electron chi connectivity index (χ0n) is 14.7. The molecule has 7 heteroatoms. The molecule has 1 atom stereocenters. The predicted molar refractivity (Wildman–Crippen MR) is 105 cm³/mol. The highest BCUT2D eigenvalue weighted by molar-refractivity contribution is 8.00. The highest BCUT2D eigenvalue weighted by Crippen LogP contribution is 2.24. The first kappa shape index (κ1) is 18.1. The second kappa shape index (κ2) is 8.14. The second-order valence-corrected chi connectivity index (χ2v) is 7.25. The van der Waals surface area contributed by atoms with Gasteiger partial charge >= 0.3 is 0 Å². The molecular formula is C19H20N4O2S. The van der Waals surface area contributed by atoms with Gasteiger partial charge in [0.15, 0.2) is 5.16 Å². The number of anilines is 1. The number of rotatable bonds is 6. The number of aromatic nitrogens is 3. The summed E-state index contributed by atoms with van der Waals surface area (Å²) in [5, 5.41) is 3.87. The number of thioether (sulfide) groups is 1. The third-order valence-electron chi connectivity index (χ3n) is 3.84. The number of aromatic amines is 1. The number of hydrogen-bond donors (Lipinski definition) is 2. The molecule has 0 unspecified atom stereocenters. The number of amides is 1. The zero-order valence-corrected chi connectivity index (χ0v) is 15.5. The first-order valence-electron chi connectivity index (χ1n) is 8.48. The van der Waals surface area contributed by atoms with Crippen LogP contribution in [0.1, 0.15) is 26.0 Å². The Hall–Kier alpha value is -2.67. The Morgan fingerprint density at radius 1 is 1.31 bits per heavy atom. The Labute approximate surface area is 155 Å². The van der Waals surface area contributed by atoms with E-state index >= 15 is 0 Å². The SMILES string of the molecule is CCCc1cc(=O)[nH]c(S[C@@H](C)C(=O)Nc2cccc3ncccc23)n1. The number of aryl methyl sites for hydroxylation is 1. The van der Waals surface area contributed by atoms with Crippen LogP contribution < -0.4 is 10.9 Å². The van der Waals surface area contributed by atoms with Gasteiger partial charge in [-0.3, -0.25) is 14.6 Å². The molecule has 26 heavy (non-hydrogen) atoms. The third kappa shape index (κ3) is 4.29. The first-order valence-corrected chi connectivity index (χ1v) is 9.36. The van der Waals surface area contributed by atoms with Crippen molar-refractivity contribution in [2.45, 2.75) is 37.1 Å². The summed E-state index contributed by atoms with van der Waals surface area (Å²) in [5.41, 5.74) is 2.09. The van der Waals surface area contributed by atoms with Crippen molar-refractivity contribution >= 4 is 34.3 Å². The summed E-state index contributed by atoms with van der Waals surface area (Å²) in [5.74, 6) is -0.158. The van der Waals surface area contributed by atoms with Gasteiger partial charge in [0.25, 0.3) is 5.56 Å². The lowest BCUT2D eigenvalue weighted by Gasteiger charge is -2.13. The summed E-state index contributed by atoms with van der Waals surface area (Å²) >= 11 is 1.24. The average Bonchev–Trinajstić information content (AvgIpc) is 2.61. The van der Waals surface area contributed by atoms with Gasteiger partial charge in [0.05, 0.1) is 16.5 Å². The van der Waals surface area contributed by atoms with E-state index in [9.17, 15) is 9.59 Å². The predicted octanol–water partition coefficient (Wildman–Crippen LogP) is 3.39. The monoisotopic (exact) mass is 368 g/mol. The van der Waals surface area contributed by atoms with Gasteiger partial charge in [0.2, 0.25) is 5.91 Å². The molecule has 1 amide bonds. The Kier molecular flexibility index (Phi) is 5.68. The molecule has 2 heterocycles. The molecule has 0 aliphatic carbocycles. The number of carbonyl (C=O) groups excluding carboxylic acids is 1. The van der Waals surface area contributed by atoms with Gasteiger partial charge in [-0.15, -0.1) is 0 Å². The maximum Gasteiger partial charge on any atom is 0.251 e. The van der Waals surface area contributed by atoms with Crippen molar-refractivity contribution in [1.82, 2.24) is 15.0 Å². The highest BCUT2D eigenvalue weighted by atomic mass is 32.2. The number of pyridine rings is 1. The molecular weight excluding hydrogens is 348 g/mol. The van der Waals surface area contributed by atoms with Gasteiger partial charge in [-0.25, -0.2) is 4.98 Å². The van der Waals surface area contributed by atoms with Crippen molar-refractivity contribution < 1.29 is 4.79 Å². The number of H-pyrrole nitrogens is 1. The van der Waals surface area contributed by atoms with Crippen LogP contribution in [0.25, 0.3) is 10.9 Å². The Bertz CT molecular complexity index is 981. The molecule has 2 N–H and O–H groups in total. The van der Waals surface area contributed by atoms with Crippen molar-refractivity contribution in [2.24, 2.45) is 0 Å². The molecule has 6 nitrogen and oxygen atoms in total. The molecule has 0 saturated carbocycles. The van der Waals surface area contributed by atoms with Crippen molar-refractivity contribution in [2.75, 3.05) is 5.32 Å². The lowest BCUT2D eigenvalue weighted by atomic mass is 10.2. The Morgan fingerprint density at radius 2 is 2.15 bits per heavy atom. The second-order valence-electron chi connectivity index (χ2n) is 5.92. The molecule has 0 aliphatic heterocycles. The topological polar surface area (TPSA) is 87.7 Å². The molecule has 0 radical (unpaired) electrons. The molecule has 1 aromatic carbocycles. The van der Waals surface area contributed by atoms with E-state index in [1.807, 2.05) is 37.3 Å². The van der Waals surface area contributed by atoms with Crippen molar-refractivity contribution in [3.63, 3.8) is 0 Å². The fourth-order valence-electron chi connectivity index (χ4n) is 2.59. The molecule has 3 rings (SSSR count). The summed E-state index contributed by atoms with van der Waals surface area (Å²) in [7, 11) is 0. The summed E-state index contributed by atoms with van der Waals surface area (Å²) in [6, 6.07) is 10.9. The zero-order chi connectivity index (χ0) is 18.5. The van der Waals surface area contributed by atoms with Crippen LogP contribution in [0.4, 0.5) is 5.69 Å². The molecule has 0 fully saturated rings. The maximum absolute atomic E-state index is 12.6. The number of benzene rings is 1. The fraction of sp³-hybridized carbons (Fsp3) is 0.263. The van der Waals surface area contributed by atoms with Crippen LogP contribution >= 0.6 is 11.8 Å². The van der Waals surface area contributed by atoms with Crippen molar-refractivity contribution in [3.05, 3.63) is 58.6 Å². The van der Waals surface area contributed by atoms with E-state index in [1.54, 1.807) is 13.1 Å².